The maximum absolute atomic E-state index is 13.5. The van der Waals surface area contributed by atoms with Crippen LogP contribution in [0.4, 0.5) is 36.4 Å². The van der Waals surface area contributed by atoms with Crippen molar-refractivity contribution < 1.29 is 40.3 Å². The quantitative estimate of drug-likeness (QED) is 0.388. The summed E-state index contributed by atoms with van der Waals surface area (Å²) in [5.74, 6) is -1.54. The molecule has 1 aliphatic rings. The Morgan fingerprint density at radius 2 is 1.79 bits per heavy atom. The van der Waals surface area contributed by atoms with E-state index in [0.29, 0.717) is 6.20 Å². The lowest BCUT2D eigenvalue weighted by atomic mass is 9.99. The Morgan fingerprint density at radius 1 is 1.10 bits per heavy atom. The van der Waals surface area contributed by atoms with Gasteiger partial charge in [-0.2, -0.15) is 27.1 Å². The van der Waals surface area contributed by atoms with Gasteiger partial charge in [-0.15, -0.1) is 0 Å². The van der Waals surface area contributed by atoms with E-state index in [4.69, 9.17) is 11.6 Å². The molecule has 2 atom stereocenters. The number of piperidine rings is 1. The minimum absolute atomic E-state index is 0.0105. The summed E-state index contributed by atoms with van der Waals surface area (Å²) in [7, 11) is 0. The highest BCUT2D eigenvalue weighted by Crippen LogP contribution is 2.35. The number of aromatic nitrogens is 3. The molecule has 39 heavy (non-hydrogen) atoms. The Morgan fingerprint density at radius 3 is 2.41 bits per heavy atom. The van der Waals surface area contributed by atoms with E-state index in [2.05, 4.69) is 20.7 Å². The van der Waals surface area contributed by atoms with Gasteiger partial charge in [0.05, 0.1) is 11.1 Å². The van der Waals surface area contributed by atoms with E-state index in [9.17, 15) is 40.3 Å². The van der Waals surface area contributed by atoms with Gasteiger partial charge in [-0.25, -0.2) is 18.4 Å². The molecule has 4 rings (SSSR count). The van der Waals surface area contributed by atoms with Crippen LogP contribution in [0, 0.1) is 0 Å². The topological polar surface area (TPSA) is 92.2 Å². The molecule has 0 aliphatic carbocycles. The predicted octanol–water partition coefficient (Wildman–Crippen LogP) is 5.27. The van der Waals surface area contributed by atoms with Crippen molar-refractivity contribution in [3.8, 4) is 0 Å². The van der Waals surface area contributed by atoms with Crippen LogP contribution in [0.1, 0.15) is 48.1 Å². The number of alkyl halides is 7. The van der Waals surface area contributed by atoms with Crippen molar-refractivity contribution in [3.63, 3.8) is 0 Å². The summed E-state index contributed by atoms with van der Waals surface area (Å²) in [6, 6.07) is 3.35. The van der Waals surface area contributed by atoms with E-state index in [0.717, 1.165) is 6.07 Å². The van der Waals surface area contributed by atoms with E-state index >= 15 is 0 Å². The van der Waals surface area contributed by atoms with Crippen molar-refractivity contribution in [2.75, 3.05) is 18.4 Å². The van der Waals surface area contributed by atoms with E-state index in [1.54, 1.807) is 0 Å². The van der Waals surface area contributed by atoms with Gasteiger partial charge in [-0.3, -0.25) is 9.59 Å². The number of carbonyl (C=O) groups is 2. The first-order chi connectivity index (χ1) is 18.2. The molecule has 8 nitrogen and oxygen atoms in total. The molecule has 2 amide bonds. The molecule has 2 N–H and O–H groups in total. The summed E-state index contributed by atoms with van der Waals surface area (Å²) >= 11 is 6.04. The van der Waals surface area contributed by atoms with Crippen molar-refractivity contribution >= 4 is 40.0 Å². The third-order valence-corrected chi connectivity index (χ3v) is 6.30. The zero-order valence-corrected chi connectivity index (χ0v) is 20.7. The average Bonchev–Trinajstić information content (AvgIpc) is 3.30. The lowest BCUT2D eigenvalue weighted by Gasteiger charge is -2.38. The van der Waals surface area contributed by atoms with Gasteiger partial charge in [-0.1, -0.05) is 11.6 Å². The van der Waals surface area contributed by atoms with Crippen LogP contribution in [-0.2, 0) is 11.0 Å². The number of fused-ring (bicyclic) bond motifs is 1. The van der Waals surface area contributed by atoms with Crippen molar-refractivity contribution in [3.05, 3.63) is 52.4 Å². The molecule has 3 heterocycles. The van der Waals surface area contributed by atoms with E-state index < -0.39 is 60.0 Å². The SMILES string of the molecule is CC(=O)N1C[C@@H](NC(=O)c2cn(C(F)F)nc2C(F)F)C[C@@H](Nc2cc(C(F)(F)F)nc3ccc(Cl)cc23)C1. The first-order valence-corrected chi connectivity index (χ1v) is 11.8. The highest BCUT2D eigenvalue weighted by Gasteiger charge is 2.35. The number of benzene rings is 1. The summed E-state index contributed by atoms with van der Waals surface area (Å²) in [5, 5.41) is 9.00. The Kier molecular flexibility index (Phi) is 7.91. The molecule has 1 aliphatic heterocycles. The molecule has 1 saturated heterocycles. The number of carbonyl (C=O) groups excluding carboxylic acids is 2. The van der Waals surface area contributed by atoms with E-state index in [1.807, 2.05) is 0 Å². The fourth-order valence-electron chi connectivity index (χ4n) is 4.35. The number of nitrogens with zero attached hydrogens (tertiary/aromatic N) is 4. The van der Waals surface area contributed by atoms with E-state index in [1.165, 1.54) is 30.0 Å². The first kappa shape index (κ1) is 28.4. The van der Waals surface area contributed by atoms with Gasteiger partial charge in [-0.05, 0) is 30.7 Å². The van der Waals surface area contributed by atoms with Crippen LogP contribution in [0.5, 0.6) is 0 Å². The van der Waals surface area contributed by atoms with Crippen LogP contribution in [0.15, 0.2) is 30.5 Å². The zero-order valence-electron chi connectivity index (χ0n) is 19.9. The van der Waals surface area contributed by atoms with E-state index in [-0.39, 0.29) is 45.8 Å². The van der Waals surface area contributed by atoms with Crippen molar-refractivity contribution in [1.29, 1.82) is 0 Å². The minimum Gasteiger partial charge on any atom is -0.380 e. The van der Waals surface area contributed by atoms with Crippen LogP contribution in [-0.4, -0.2) is 56.7 Å². The first-order valence-electron chi connectivity index (χ1n) is 11.4. The highest BCUT2D eigenvalue weighted by atomic mass is 35.5. The highest BCUT2D eigenvalue weighted by molar-refractivity contribution is 6.31. The van der Waals surface area contributed by atoms with Crippen LogP contribution >= 0.6 is 11.6 Å². The second-order valence-electron chi connectivity index (χ2n) is 8.87. The summed E-state index contributed by atoms with van der Waals surface area (Å²) in [6.45, 7) is -2.03. The van der Waals surface area contributed by atoms with Gasteiger partial charge in [0.15, 0.2) is 0 Å². The Balaban J connectivity index is 1.62. The number of nitrogens with one attached hydrogen (secondary N) is 2. The molecular formula is C23H20ClF7N6O2. The number of hydrogen-bond acceptors (Lipinski definition) is 5. The zero-order chi connectivity index (χ0) is 28.6. The molecule has 0 saturated carbocycles. The second kappa shape index (κ2) is 10.9. The average molecular weight is 581 g/mol. The fraction of sp³-hybridized carbons (Fsp3) is 0.391. The standard InChI is InChI=1S/C23H20ClF7N6O2/c1-10(38)36-7-12(32-17-6-18(23(29,30)31)34-16-3-2-11(24)4-14(16)17)5-13(8-36)33-21(39)15-9-37(22(27)28)35-19(15)20(25)26/h2-4,6,9,12-13,20,22H,5,7-8H2,1H3,(H,32,34)(H,33,39)/t12-,13+/m1/s1. The fourth-order valence-corrected chi connectivity index (χ4v) is 4.52. The summed E-state index contributed by atoms with van der Waals surface area (Å²) in [5.41, 5.74) is -3.04. The number of likely N-dealkylation sites (tertiary alicyclic amines) is 1. The minimum atomic E-state index is -4.76. The largest absolute Gasteiger partial charge is 0.433 e. The van der Waals surface area contributed by atoms with Gasteiger partial charge in [0.1, 0.15) is 11.4 Å². The van der Waals surface area contributed by atoms with Crippen molar-refractivity contribution in [1.82, 2.24) is 25.0 Å². The molecule has 1 fully saturated rings. The molecule has 1 aromatic carbocycles. The lowest BCUT2D eigenvalue weighted by molar-refractivity contribution is -0.140. The number of hydrogen-bond donors (Lipinski definition) is 2. The molecule has 210 valence electrons. The molecule has 3 aromatic rings. The van der Waals surface area contributed by atoms with Gasteiger partial charge >= 0.3 is 12.7 Å². The molecule has 16 heteroatoms. The van der Waals surface area contributed by atoms with Gasteiger partial charge in [0, 0.05) is 54.4 Å². The van der Waals surface area contributed by atoms with Crippen LogP contribution in [0.25, 0.3) is 10.9 Å². The normalized spacial score (nSPS) is 18.2. The Bertz CT molecular complexity index is 1400. The predicted molar refractivity (Wildman–Crippen MR) is 126 cm³/mol. The van der Waals surface area contributed by atoms with Crippen LogP contribution < -0.4 is 10.6 Å². The lowest BCUT2D eigenvalue weighted by Crippen LogP contribution is -2.55. The Hall–Kier alpha value is -3.62. The molecular weight excluding hydrogens is 561 g/mol. The third-order valence-electron chi connectivity index (χ3n) is 6.06. The summed E-state index contributed by atoms with van der Waals surface area (Å²) in [4.78, 5) is 29.9. The third kappa shape index (κ3) is 6.34. The van der Waals surface area contributed by atoms with Crippen molar-refractivity contribution in [2.24, 2.45) is 0 Å². The molecule has 0 unspecified atom stereocenters. The monoisotopic (exact) mass is 580 g/mol. The second-order valence-corrected chi connectivity index (χ2v) is 9.31. The smallest absolute Gasteiger partial charge is 0.380 e. The maximum atomic E-state index is 13.5. The number of halogens is 8. The maximum Gasteiger partial charge on any atom is 0.433 e. The molecule has 2 aromatic heterocycles. The van der Waals surface area contributed by atoms with Gasteiger partial charge in [0.25, 0.3) is 12.3 Å². The van der Waals surface area contributed by atoms with Crippen LogP contribution in [0.2, 0.25) is 5.02 Å². The number of rotatable bonds is 6. The summed E-state index contributed by atoms with van der Waals surface area (Å²) < 4.78 is 93.0. The number of anilines is 1. The van der Waals surface area contributed by atoms with Crippen LogP contribution in [0.3, 0.4) is 0 Å². The molecule has 0 radical (unpaired) electrons. The van der Waals surface area contributed by atoms with Crippen molar-refractivity contribution in [2.45, 2.75) is 44.6 Å². The van der Waals surface area contributed by atoms with Gasteiger partial charge in [0.2, 0.25) is 5.91 Å². The Labute approximate surface area is 221 Å². The summed E-state index contributed by atoms with van der Waals surface area (Å²) in [6.07, 6.45) is -7.53. The molecule has 0 spiro atoms. The van der Waals surface area contributed by atoms with Gasteiger partial charge < -0.3 is 15.5 Å². The number of amides is 2. The molecule has 0 bridgehead atoms. The number of pyridine rings is 1.